The molecule has 136 valence electrons. The molecule has 0 radical (unpaired) electrons. The highest BCUT2D eigenvalue weighted by atomic mass is 16.5. The van der Waals surface area contributed by atoms with Gasteiger partial charge in [0.1, 0.15) is 18.2 Å². The predicted molar refractivity (Wildman–Crippen MR) is 105 cm³/mol. The van der Waals surface area contributed by atoms with E-state index in [4.69, 9.17) is 10.5 Å². The molecule has 27 heavy (non-hydrogen) atoms. The van der Waals surface area contributed by atoms with E-state index in [-0.39, 0.29) is 12.0 Å². The molecule has 5 rings (SSSR count). The van der Waals surface area contributed by atoms with Crippen molar-refractivity contribution in [2.45, 2.75) is 18.9 Å². The molecule has 1 unspecified atom stereocenters. The lowest BCUT2D eigenvalue weighted by molar-refractivity contribution is 0.291. The van der Waals surface area contributed by atoms with Gasteiger partial charge in [0.2, 0.25) is 5.95 Å². The van der Waals surface area contributed by atoms with Crippen molar-refractivity contribution in [3.8, 4) is 5.75 Å². The van der Waals surface area contributed by atoms with Crippen molar-refractivity contribution in [2.24, 2.45) is 0 Å². The molecule has 0 aliphatic carbocycles. The van der Waals surface area contributed by atoms with Crippen LogP contribution in [0.15, 0.2) is 54.7 Å². The monoisotopic (exact) mass is 360 g/mol. The minimum Gasteiger partial charge on any atom is -0.491 e. The van der Waals surface area contributed by atoms with Crippen molar-refractivity contribution in [1.82, 2.24) is 19.6 Å². The molecule has 2 aromatic heterocycles. The minimum atomic E-state index is 0.234. The summed E-state index contributed by atoms with van der Waals surface area (Å²) in [5.74, 6) is 2.63. The van der Waals surface area contributed by atoms with Crippen molar-refractivity contribution in [3.63, 3.8) is 0 Å². The summed E-state index contributed by atoms with van der Waals surface area (Å²) in [6.45, 7) is 1.56. The number of fused-ring (bicyclic) bond motifs is 2. The molecule has 0 saturated carbocycles. The summed E-state index contributed by atoms with van der Waals surface area (Å²) >= 11 is 0. The average molecular weight is 360 g/mol. The quantitative estimate of drug-likeness (QED) is 0.603. The molecule has 1 fully saturated rings. The average Bonchev–Trinajstić information content (AvgIpc) is 3.31. The van der Waals surface area contributed by atoms with Gasteiger partial charge in [0.15, 0.2) is 0 Å². The van der Waals surface area contributed by atoms with Crippen LogP contribution in [0.25, 0.3) is 16.6 Å². The summed E-state index contributed by atoms with van der Waals surface area (Å²) in [6, 6.07) is 16.7. The smallest absolute Gasteiger partial charge is 0.255 e. The number of anilines is 2. The van der Waals surface area contributed by atoms with Gasteiger partial charge in [-0.15, -0.1) is 5.10 Å². The van der Waals surface area contributed by atoms with Gasteiger partial charge in [0, 0.05) is 18.1 Å². The highest BCUT2D eigenvalue weighted by Crippen LogP contribution is 2.29. The van der Waals surface area contributed by atoms with Crippen LogP contribution in [-0.2, 0) is 0 Å². The lowest BCUT2D eigenvalue weighted by atomic mass is 10.1. The van der Waals surface area contributed by atoms with Crippen LogP contribution in [0.5, 0.6) is 5.75 Å². The maximum Gasteiger partial charge on any atom is 0.255 e. The van der Waals surface area contributed by atoms with Gasteiger partial charge in [-0.2, -0.15) is 9.50 Å². The molecule has 2 N–H and O–H groups in total. The van der Waals surface area contributed by atoms with Gasteiger partial charge in [0.05, 0.1) is 6.04 Å². The summed E-state index contributed by atoms with van der Waals surface area (Å²) < 4.78 is 7.96. The Balaban J connectivity index is 1.41. The molecule has 0 spiro atoms. The molecule has 1 aliphatic rings. The molecule has 7 nitrogen and oxygen atoms in total. The Morgan fingerprint density at radius 1 is 1.11 bits per heavy atom. The van der Waals surface area contributed by atoms with E-state index in [1.165, 1.54) is 5.39 Å². The molecular formula is C20H20N6O. The van der Waals surface area contributed by atoms with E-state index in [0.717, 1.165) is 36.3 Å². The van der Waals surface area contributed by atoms with Crippen LogP contribution in [0.3, 0.4) is 0 Å². The fourth-order valence-corrected chi connectivity index (χ4v) is 3.83. The third kappa shape index (κ3) is 2.81. The first kappa shape index (κ1) is 15.9. The van der Waals surface area contributed by atoms with Crippen LogP contribution in [-0.4, -0.2) is 38.8 Å². The second-order valence-electron chi connectivity index (χ2n) is 6.76. The minimum absolute atomic E-state index is 0.234. The Morgan fingerprint density at radius 3 is 2.96 bits per heavy atom. The van der Waals surface area contributed by atoms with Crippen molar-refractivity contribution in [3.05, 3.63) is 54.7 Å². The van der Waals surface area contributed by atoms with E-state index in [2.05, 4.69) is 38.2 Å². The number of nitrogen functional groups attached to an aromatic ring is 1. The number of nitrogens with zero attached hydrogens (tertiary/aromatic N) is 5. The maximum atomic E-state index is 6.24. The van der Waals surface area contributed by atoms with Crippen LogP contribution >= 0.6 is 0 Å². The normalized spacial score (nSPS) is 17.0. The third-order valence-electron chi connectivity index (χ3n) is 5.09. The lowest BCUT2D eigenvalue weighted by Gasteiger charge is -2.26. The molecule has 0 bridgehead atoms. The van der Waals surface area contributed by atoms with Crippen molar-refractivity contribution in [1.29, 1.82) is 0 Å². The molecular weight excluding hydrogens is 340 g/mol. The van der Waals surface area contributed by atoms with Crippen LogP contribution in [0.1, 0.15) is 12.8 Å². The molecule has 3 heterocycles. The van der Waals surface area contributed by atoms with Crippen LogP contribution < -0.4 is 15.4 Å². The van der Waals surface area contributed by atoms with Crippen LogP contribution in [0.4, 0.5) is 11.8 Å². The number of rotatable bonds is 4. The van der Waals surface area contributed by atoms with Crippen molar-refractivity contribution >= 4 is 28.3 Å². The number of nitrogens with two attached hydrogens (primary N) is 1. The highest BCUT2D eigenvalue weighted by Gasteiger charge is 2.28. The zero-order chi connectivity index (χ0) is 18.2. The van der Waals surface area contributed by atoms with E-state index >= 15 is 0 Å². The van der Waals surface area contributed by atoms with E-state index in [0.29, 0.717) is 12.4 Å². The van der Waals surface area contributed by atoms with Gasteiger partial charge in [-0.25, -0.2) is 4.98 Å². The second kappa shape index (κ2) is 6.42. The predicted octanol–water partition coefficient (Wildman–Crippen LogP) is 2.91. The molecule has 7 heteroatoms. The van der Waals surface area contributed by atoms with Gasteiger partial charge in [-0.3, -0.25) is 0 Å². The van der Waals surface area contributed by atoms with Crippen molar-refractivity contribution in [2.75, 3.05) is 23.8 Å². The number of ether oxygens (including phenoxy) is 1. The van der Waals surface area contributed by atoms with Crippen LogP contribution in [0, 0.1) is 0 Å². The first-order valence-electron chi connectivity index (χ1n) is 9.14. The summed E-state index contributed by atoms with van der Waals surface area (Å²) in [5, 5.41) is 6.62. The molecule has 4 aromatic rings. The topological polar surface area (TPSA) is 81.6 Å². The van der Waals surface area contributed by atoms with Crippen LogP contribution in [0.2, 0.25) is 0 Å². The van der Waals surface area contributed by atoms with Gasteiger partial charge in [0.25, 0.3) is 5.78 Å². The second-order valence-corrected chi connectivity index (χ2v) is 6.76. The fourth-order valence-electron chi connectivity index (χ4n) is 3.83. The van der Waals surface area contributed by atoms with Gasteiger partial charge in [-0.05, 0) is 30.4 Å². The molecule has 0 amide bonds. The summed E-state index contributed by atoms with van der Waals surface area (Å²) in [7, 11) is 0. The van der Waals surface area contributed by atoms with E-state index in [9.17, 15) is 0 Å². The van der Waals surface area contributed by atoms with Gasteiger partial charge >= 0.3 is 0 Å². The van der Waals surface area contributed by atoms with E-state index in [1.54, 1.807) is 10.7 Å². The third-order valence-corrected chi connectivity index (χ3v) is 5.09. The Labute approximate surface area is 156 Å². The zero-order valence-corrected chi connectivity index (χ0v) is 14.8. The Kier molecular flexibility index (Phi) is 3.78. The van der Waals surface area contributed by atoms with Crippen molar-refractivity contribution < 1.29 is 4.74 Å². The number of benzene rings is 2. The fraction of sp³-hybridized carbons (Fsp3) is 0.250. The van der Waals surface area contributed by atoms with E-state index in [1.807, 2.05) is 30.3 Å². The molecule has 1 saturated heterocycles. The molecule has 1 atom stereocenters. The summed E-state index contributed by atoms with van der Waals surface area (Å²) in [5.41, 5.74) is 5.75. The molecule has 2 aromatic carbocycles. The Hall–Kier alpha value is -3.35. The highest BCUT2D eigenvalue weighted by molar-refractivity contribution is 5.88. The number of hydrogen-bond donors (Lipinski definition) is 1. The standard InChI is InChI=1S/C20H20N6O/c21-19-23-20-22-11-10-18(26(20)24-19)25-12-4-7-15(25)13-27-17-9-3-6-14-5-1-2-8-16(14)17/h1-3,5-6,8-11,15H,4,7,12-13H2,(H2,21,24). The maximum absolute atomic E-state index is 6.24. The van der Waals surface area contributed by atoms with Gasteiger partial charge < -0.3 is 15.4 Å². The Morgan fingerprint density at radius 2 is 2.00 bits per heavy atom. The van der Waals surface area contributed by atoms with Gasteiger partial charge in [-0.1, -0.05) is 36.4 Å². The number of aromatic nitrogens is 4. The lowest BCUT2D eigenvalue weighted by Crippen LogP contribution is -2.35. The SMILES string of the molecule is Nc1nc2nccc(N3CCCC3COc3cccc4ccccc34)n2n1. The summed E-state index contributed by atoms with van der Waals surface area (Å²) in [6.07, 6.45) is 3.93. The molecule has 1 aliphatic heterocycles. The first-order valence-corrected chi connectivity index (χ1v) is 9.14. The summed E-state index contributed by atoms with van der Waals surface area (Å²) in [4.78, 5) is 10.7. The Bertz CT molecular complexity index is 1100. The zero-order valence-electron chi connectivity index (χ0n) is 14.8. The first-order chi connectivity index (χ1) is 13.3. The largest absolute Gasteiger partial charge is 0.491 e. The number of hydrogen-bond acceptors (Lipinski definition) is 6. The van der Waals surface area contributed by atoms with E-state index < -0.39 is 0 Å².